The summed E-state index contributed by atoms with van der Waals surface area (Å²) < 4.78 is 11.2. The minimum Gasteiger partial charge on any atom is -0.497 e. The second-order valence-corrected chi connectivity index (χ2v) is 6.30. The normalized spacial score (nSPS) is 11.4. The molecule has 6 nitrogen and oxygen atoms in total. The molecule has 132 valence electrons. The summed E-state index contributed by atoms with van der Waals surface area (Å²) in [4.78, 5) is 24.0. The third-order valence-electron chi connectivity index (χ3n) is 3.22. The molecule has 0 fully saturated rings. The smallest absolute Gasteiger partial charge is 0.279 e. The molecular weight excluding hydrogens is 412 g/mol. The number of benzene rings is 2. The minimum absolute atomic E-state index is 0.384. The predicted molar refractivity (Wildman–Crippen MR) is 97.8 cm³/mol. The molecule has 2 rings (SSSR count). The molecule has 8 heteroatoms. The Morgan fingerprint density at radius 3 is 2.40 bits per heavy atom. The number of hydrazine groups is 1. The van der Waals surface area contributed by atoms with Crippen molar-refractivity contribution in [3.63, 3.8) is 0 Å². The highest BCUT2D eigenvalue weighted by Crippen LogP contribution is 2.28. The number of hydrogen-bond donors (Lipinski definition) is 2. The number of methoxy groups -OCH3 is 1. The quantitative estimate of drug-likeness (QED) is 0.718. The molecule has 2 N–H and O–H groups in total. The van der Waals surface area contributed by atoms with Gasteiger partial charge in [-0.2, -0.15) is 0 Å². The molecule has 0 saturated carbocycles. The van der Waals surface area contributed by atoms with E-state index in [-0.39, 0.29) is 0 Å². The van der Waals surface area contributed by atoms with Crippen molar-refractivity contribution in [3.8, 4) is 11.5 Å². The Bertz CT molecular complexity index is 768. The van der Waals surface area contributed by atoms with Crippen molar-refractivity contribution < 1.29 is 19.1 Å². The average molecular weight is 428 g/mol. The van der Waals surface area contributed by atoms with Crippen LogP contribution < -0.4 is 20.3 Å². The Balaban J connectivity index is 1.88. The van der Waals surface area contributed by atoms with Crippen LogP contribution in [0.25, 0.3) is 0 Å². The summed E-state index contributed by atoms with van der Waals surface area (Å²) in [6.07, 6.45) is -0.825. The lowest BCUT2D eigenvalue weighted by atomic mass is 10.2. The van der Waals surface area contributed by atoms with Gasteiger partial charge in [-0.25, -0.2) is 0 Å². The van der Waals surface area contributed by atoms with Crippen molar-refractivity contribution >= 4 is 39.3 Å². The fourth-order valence-electron chi connectivity index (χ4n) is 1.85. The molecule has 0 aromatic heterocycles. The molecule has 2 aromatic carbocycles. The van der Waals surface area contributed by atoms with Crippen LogP contribution >= 0.6 is 27.5 Å². The number of rotatable bonds is 5. The molecule has 25 heavy (non-hydrogen) atoms. The zero-order valence-electron chi connectivity index (χ0n) is 13.5. The largest absolute Gasteiger partial charge is 0.497 e. The summed E-state index contributed by atoms with van der Waals surface area (Å²) in [6, 6.07) is 11.4. The highest BCUT2D eigenvalue weighted by atomic mass is 79.9. The molecule has 2 aromatic rings. The number of nitrogens with one attached hydrogen (secondary N) is 2. The SMILES string of the molecule is COc1ccc(C(=O)NNC(=O)C(C)Oc2ccc(Cl)cc2Br)cc1. The predicted octanol–water partition coefficient (Wildman–Crippen LogP) is 3.34. The Kier molecular flexibility index (Phi) is 6.66. The zero-order chi connectivity index (χ0) is 18.4. The number of halogens is 2. The van der Waals surface area contributed by atoms with Gasteiger partial charge in [0.15, 0.2) is 6.10 Å². The van der Waals surface area contributed by atoms with E-state index in [1.165, 1.54) is 7.11 Å². The van der Waals surface area contributed by atoms with Gasteiger partial charge in [0.2, 0.25) is 0 Å². The first kappa shape index (κ1) is 19.1. The highest BCUT2D eigenvalue weighted by molar-refractivity contribution is 9.10. The third kappa shape index (κ3) is 5.37. The van der Waals surface area contributed by atoms with Gasteiger partial charge in [0, 0.05) is 10.6 Å². The summed E-state index contributed by atoms with van der Waals surface area (Å²) in [5.74, 6) is 0.157. The topological polar surface area (TPSA) is 76.7 Å². The van der Waals surface area contributed by atoms with Gasteiger partial charge >= 0.3 is 0 Å². The Labute approximate surface area is 158 Å². The molecule has 0 bridgehead atoms. The van der Waals surface area contributed by atoms with Crippen LogP contribution in [0.15, 0.2) is 46.9 Å². The second-order valence-electron chi connectivity index (χ2n) is 5.01. The van der Waals surface area contributed by atoms with Gasteiger partial charge in [0.1, 0.15) is 11.5 Å². The standard InChI is InChI=1S/C17H16BrClN2O4/c1-10(25-15-8-5-12(19)9-14(15)18)16(22)20-21-17(23)11-3-6-13(24-2)7-4-11/h3-10H,1-2H3,(H,20,22)(H,21,23). The van der Waals surface area contributed by atoms with E-state index >= 15 is 0 Å². The molecule has 0 aliphatic rings. The van der Waals surface area contributed by atoms with Crippen LogP contribution in [0.4, 0.5) is 0 Å². The average Bonchev–Trinajstić information content (AvgIpc) is 2.61. The van der Waals surface area contributed by atoms with Crippen molar-refractivity contribution in [2.24, 2.45) is 0 Å². The van der Waals surface area contributed by atoms with Crippen LogP contribution in [-0.2, 0) is 4.79 Å². The summed E-state index contributed by atoms with van der Waals surface area (Å²) in [5.41, 5.74) is 5.04. The monoisotopic (exact) mass is 426 g/mol. The first-order valence-electron chi connectivity index (χ1n) is 7.26. The summed E-state index contributed by atoms with van der Waals surface area (Å²) in [6.45, 7) is 1.57. The van der Waals surface area contributed by atoms with E-state index in [1.807, 2.05) is 0 Å². The van der Waals surface area contributed by atoms with E-state index in [0.717, 1.165) is 0 Å². The lowest BCUT2D eigenvalue weighted by Crippen LogP contribution is -2.47. The summed E-state index contributed by atoms with van der Waals surface area (Å²) in [7, 11) is 1.54. The first-order chi connectivity index (χ1) is 11.9. The fraction of sp³-hybridized carbons (Fsp3) is 0.176. The van der Waals surface area contributed by atoms with E-state index in [0.29, 0.717) is 26.6 Å². The molecule has 0 saturated heterocycles. The van der Waals surface area contributed by atoms with Crippen molar-refractivity contribution in [3.05, 3.63) is 57.5 Å². The van der Waals surface area contributed by atoms with Crippen LogP contribution in [0.3, 0.4) is 0 Å². The Morgan fingerprint density at radius 1 is 1.12 bits per heavy atom. The van der Waals surface area contributed by atoms with Gasteiger partial charge in [0.25, 0.3) is 11.8 Å². The number of carbonyl (C=O) groups is 2. The highest BCUT2D eigenvalue weighted by Gasteiger charge is 2.17. The third-order valence-corrected chi connectivity index (χ3v) is 4.07. The zero-order valence-corrected chi connectivity index (χ0v) is 15.8. The van der Waals surface area contributed by atoms with Gasteiger partial charge in [-0.05, 0) is 65.3 Å². The summed E-state index contributed by atoms with van der Waals surface area (Å²) in [5, 5.41) is 0.545. The molecule has 0 spiro atoms. The lowest BCUT2D eigenvalue weighted by molar-refractivity contribution is -0.128. The van der Waals surface area contributed by atoms with E-state index < -0.39 is 17.9 Å². The van der Waals surface area contributed by atoms with Gasteiger partial charge in [-0.15, -0.1) is 0 Å². The van der Waals surface area contributed by atoms with Crippen molar-refractivity contribution in [2.75, 3.05) is 7.11 Å². The second kappa shape index (κ2) is 8.73. The summed E-state index contributed by atoms with van der Waals surface area (Å²) >= 11 is 9.17. The number of ether oxygens (including phenoxy) is 2. The van der Waals surface area contributed by atoms with Gasteiger partial charge in [-0.3, -0.25) is 20.4 Å². The van der Waals surface area contributed by atoms with Gasteiger partial charge in [0.05, 0.1) is 11.6 Å². The van der Waals surface area contributed by atoms with Gasteiger partial charge < -0.3 is 9.47 Å². The molecule has 0 aliphatic carbocycles. The van der Waals surface area contributed by atoms with E-state index in [2.05, 4.69) is 26.8 Å². The lowest BCUT2D eigenvalue weighted by Gasteiger charge is -2.16. The molecular formula is C17H16BrClN2O4. The fourth-order valence-corrected chi connectivity index (χ4v) is 2.63. The maximum absolute atomic E-state index is 12.0. The van der Waals surface area contributed by atoms with Crippen LogP contribution in [-0.4, -0.2) is 25.0 Å². The molecule has 0 radical (unpaired) electrons. The molecule has 2 amide bonds. The Hall–Kier alpha value is -2.25. The maximum atomic E-state index is 12.0. The molecule has 0 heterocycles. The van der Waals surface area contributed by atoms with Crippen molar-refractivity contribution in [1.29, 1.82) is 0 Å². The van der Waals surface area contributed by atoms with Crippen LogP contribution in [0.2, 0.25) is 5.02 Å². The van der Waals surface area contributed by atoms with E-state index in [1.54, 1.807) is 49.4 Å². The number of amides is 2. The van der Waals surface area contributed by atoms with Crippen LogP contribution in [0, 0.1) is 0 Å². The van der Waals surface area contributed by atoms with Crippen molar-refractivity contribution in [2.45, 2.75) is 13.0 Å². The number of hydrogen-bond acceptors (Lipinski definition) is 4. The van der Waals surface area contributed by atoms with Crippen LogP contribution in [0.1, 0.15) is 17.3 Å². The van der Waals surface area contributed by atoms with Crippen molar-refractivity contribution in [1.82, 2.24) is 10.9 Å². The van der Waals surface area contributed by atoms with E-state index in [4.69, 9.17) is 21.1 Å². The van der Waals surface area contributed by atoms with Crippen LogP contribution in [0.5, 0.6) is 11.5 Å². The number of carbonyl (C=O) groups excluding carboxylic acids is 2. The minimum atomic E-state index is -0.825. The molecule has 0 aliphatic heterocycles. The Morgan fingerprint density at radius 2 is 1.80 bits per heavy atom. The molecule has 1 atom stereocenters. The first-order valence-corrected chi connectivity index (χ1v) is 8.43. The molecule has 1 unspecified atom stereocenters. The van der Waals surface area contributed by atoms with Gasteiger partial charge in [-0.1, -0.05) is 11.6 Å². The van der Waals surface area contributed by atoms with E-state index in [9.17, 15) is 9.59 Å². The maximum Gasteiger partial charge on any atom is 0.279 e.